The lowest BCUT2D eigenvalue weighted by atomic mass is 10.3. The van der Waals surface area contributed by atoms with Crippen molar-refractivity contribution >= 4 is 0 Å². The van der Waals surface area contributed by atoms with Crippen LogP contribution in [0.5, 0.6) is 0 Å². The number of aryl methyl sites for hydroxylation is 1. The van der Waals surface area contributed by atoms with E-state index in [0.717, 1.165) is 23.6 Å². The monoisotopic (exact) mass is 191 g/mol. The maximum Gasteiger partial charge on any atom is 0.120 e. The van der Waals surface area contributed by atoms with Gasteiger partial charge in [0.25, 0.3) is 0 Å². The minimum atomic E-state index is 0.750. The first-order chi connectivity index (χ1) is 6.79. The quantitative estimate of drug-likeness (QED) is 0.744. The maximum atomic E-state index is 4.24. The summed E-state index contributed by atoms with van der Waals surface area (Å²) in [6.07, 6.45) is 5.59. The number of hydrogen-bond acceptors (Lipinski definition) is 3. The van der Waals surface area contributed by atoms with E-state index >= 15 is 0 Å². The van der Waals surface area contributed by atoms with Crippen molar-refractivity contribution < 1.29 is 0 Å². The summed E-state index contributed by atoms with van der Waals surface area (Å²) in [7, 11) is 3.79. The Morgan fingerprint density at radius 2 is 2.36 bits per heavy atom. The molecule has 2 aromatic rings. The van der Waals surface area contributed by atoms with Crippen LogP contribution >= 0.6 is 0 Å². The standard InChI is InChI=1S/C9H13N5/c1-10-5-9-11-4-8(13-9)7-3-12-14(2)6-7/h3-4,6,10H,5H2,1-2H3,(H,11,13). The summed E-state index contributed by atoms with van der Waals surface area (Å²) in [4.78, 5) is 7.45. The molecule has 2 heterocycles. The smallest absolute Gasteiger partial charge is 0.120 e. The van der Waals surface area contributed by atoms with Crippen molar-refractivity contribution in [1.82, 2.24) is 25.1 Å². The van der Waals surface area contributed by atoms with E-state index in [1.54, 1.807) is 4.68 Å². The van der Waals surface area contributed by atoms with Crippen LogP contribution in [-0.2, 0) is 13.6 Å². The van der Waals surface area contributed by atoms with Crippen molar-refractivity contribution in [2.45, 2.75) is 6.54 Å². The Hall–Kier alpha value is -1.62. The second-order valence-corrected chi connectivity index (χ2v) is 3.18. The van der Waals surface area contributed by atoms with E-state index in [-0.39, 0.29) is 0 Å². The molecule has 0 aliphatic carbocycles. The summed E-state index contributed by atoms with van der Waals surface area (Å²) in [5.74, 6) is 0.936. The van der Waals surface area contributed by atoms with E-state index in [9.17, 15) is 0 Å². The summed E-state index contributed by atoms with van der Waals surface area (Å²) in [6.45, 7) is 0.750. The fraction of sp³-hybridized carbons (Fsp3) is 0.333. The van der Waals surface area contributed by atoms with Crippen LogP contribution in [0, 0.1) is 0 Å². The molecule has 5 nitrogen and oxygen atoms in total. The predicted octanol–water partition coefficient (Wildman–Crippen LogP) is 0.530. The molecule has 2 rings (SSSR count). The van der Waals surface area contributed by atoms with Gasteiger partial charge in [0.1, 0.15) is 5.82 Å². The van der Waals surface area contributed by atoms with Crippen LogP contribution in [0.25, 0.3) is 11.3 Å². The third-order valence-corrected chi connectivity index (χ3v) is 1.99. The molecule has 0 aliphatic rings. The number of nitrogens with one attached hydrogen (secondary N) is 2. The Morgan fingerprint density at radius 1 is 1.50 bits per heavy atom. The number of H-pyrrole nitrogens is 1. The Labute approximate surface area is 82.2 Å². The van der Waals surface area contributed by atoms with Gasteiger partial charge < -0.3 is 10.3 Å². The molecule has 0 radical (unpaired) electrons. The normalized spacial score (nSPS) is 10.7. The molecule has 2 N–H and O–H groups in total. The molecule has 0 bridgehead atoms. The van der Waals surface area contributed by atoms with E-state index in [1.165, 1.54) is 0 Å². The van der Waals surface area contributed by atoms with Gasteiger partial charge in [-0.1, -0.05) is 0 Å². The highest BCUT2D eigenvalue weighted by molar-refractivity contribution is 5.55. The van der Waals surface area contributed by atoms with Gasteiger partial charge in [-0.05, 0) is 7.05 Å². The predicted molar refractivity (Wildman–Crippen MR) is 53.6 cm³/mol. The van der Waals surface area contributed by atoms with Crippen LogP contribution in [0.3, 0.4) is 0 Å². The molecular weight excluding hydrogens is 178 g/mol. The van der Waals surface area contributed by atoms with Crippen LogP contribution in [0.4, 0.5) is 0 Å². The molecular formula is C9H13N5. The van der Waals surface area contributed by atoms with Crippen molar-refractivity contribution in [3.8, 4) is 11.3 Å². The molecule has 0 fully saturated rings. The van der Waals surface area contributed by atoms with Crippen LogP contribution in [0.15, 0.2) is 18.6 Å². The van der Waals surface area contributed by atoms with E-state index in [0.29, 0.717) is 0 Å². The molecule has 0 aliphatic heterocycles. The number of aromatic nitrogens is 4. The minimum Gasteiger partial charge on any atom is -0.341 e. The molecule has 0 saturated carbocycles. The van der Waals surface area contributed by atoms with E-state index < -0.39 is 0 Å². The first kappa shape index (κ1) is 8.96. The lowest BCUT2D eigenvalue weighted by Crippen LogP contribution is -2.06. The Bertz CT molecular complexity index is 414. The van der Waals surface area contributed by atoms with Crippen LogP contribution < -0.4 is 5.32 Å². The number of nitrogens with zero attached hydrogens (tertiary/aromatic N) is 3. The number of imidazole rings is 1. The largest absolute Gasteiger partial charge is 0.341 e. The Balaban J connectivity index is 2.24. The molecule has 0 saturated heterocycles. The fourth-order valence-electron chi connectivity index (χ4n) is 1.33. The maximum absolute atomic E-state index is 4.24. The highest BCUT2D eigenvalue weighted by atomic mass is 15.2. The Kier molecular flexibility index (Phi) is 2.32. The minimum absolute atomic E-state index is 0.750. The van der Waals surface area contributed by atoms with Gasteiger partial charge in [0.05, 0.1) is 24.6 Å². The van der Waals surface area contributed by atoms with E-state index in [1.807, 2.05) is 32.7 Å². The first-order valence-electron chi connectivity index (χ1n) is 4.47. The molecule has 0 unspecified atom stereocenters. The Morgan fingerprint density at radius 3 is 3.00 bits per heavy atom. The van der Waals surface area contributed by atoms with E-state index in [4.69, 9.17) is 0 Å². The van der Waals surface area contributed by atoms with Crippen LogP contribution in [0.2, 0.25) is 0 Å². The second-order valence-electron chi connectivity index (χ2n) is 3.18. The molecule has 0 amide bonds. The number of hydrogen-bond donors (Lipinski definition) is 2. The molecule has 0 atom stereocenters. The summed E-state index contributed by atoms with van der Waals surface area (Å²) in [6, 6.07) is 0. The van der Waals surface area contributed by atoms with Gasteiger partial charge in [0.15, 0.2) is 0 Å². The van der Waals surface area contributed by atoms with Crippen molar-refractivity contribution in [2.75, 3.05) is 7.05 Å². The lowest BCUT2D eigenvalue weighted by Gasteiger charge is -1.92. The molecule has 2 aromatic heterocycles. The number of rotatable bonds is 3. The third-order valence-electron chi connectivity index (χ3n) is 1.99. The van der Waals surface area contributed by atoms with Crippen LogP contribution in [0.1, 0.15) is 5.82 Å². The zero-order valence-electron chi connectivity index (χ0n) is 8.28. The molecule has 14 heavy (non-hydrogen) atoms. The van der Waals surface area contributed by atoms with Gasteiger partial charge in [0, 0.05) is 18.8 Å². The van der Waals surface area contributed by atoms with Gasteiger partial charge >= 0.3 is 0 Å². The fourth-order valence-corrected chi connectivity index (χ4v) is 1.33. The van der Waals surface area contributed by atoms with Crippen molar-refractivity contribution in [3.63, 3.8) is 0 Å². The van der Waals surface area contributed by atoms with Crippen LogP contribution in [-0.4, -0.2) is 26.8 Å². The van der Waals surface area contributed by atoms with Gasteiger partial charge in [-0.2, -0.15) is 5.10 Å². The summed E-state index contributed by atoms with van der Waals surface area (Å²) in [5.41, 5.74) is 2.06. The zero-order valence-corrected chi connectivity index (χ0v) is 8.28. The molecule has 0 spiro atoms. The topological polar surface area (TPSA) is 58.5 Å². The highest BCUT2D eigenvalue weighted by Gasteiger charge is 2.03. The average Bonchev–Trinajstić information content (AvgIpc) is 2.74. The zero-order chi connectivity index (χ0) is 9.97. The lowest BCUT2D eigenvalue weighted by molar-refractivity contribution is 0.767. The molecule has 5 heteroatoms. The van der Waals surface area contributed by atoms with Crippen molar-refractivity contribution in [2.24, 2.45) is 7.05 Å². The second kappa shape index (κ2) is 3.63. The number of aromatic amines is 1. The highest BCUT2D eigenvalue weighted by Crippen LogP contribution is 2.14. The summed E-state index contributed by atoms with van der Waals surface area (Å²) < 4.78 is 1.77. The van der Waals surface area contributed by atoms with Crippen molar-refractivity contribution in [3.05, 3.63) is 24.4 Å². The molecule has 74 valence electrons. The summed E-state index contributed by atoms with van der Waals surface area (Å²) in [5, 5.41) is 7.14. The average molecular weight is 191 g/mol. The summed E-state index contributed by atoms with van der Waals surface area (Å²) >= 11 is 0. The van der Waals surface area contributed by atoms with Gasteiger partial charge in [-0.15, -0.1) is 0 Å². The van der Waals surface area contributed by atoms with E-state index in [2.05, 4.69) is 20.4 Å². The van der Waals surface area contributed by atoms with Gasteiger partial charge in [-0.3, -0.25) is 4.68 Å². The third kappa shape index (κ3) is 1.67. The first-order valence-corrected chi connectivity index (χ1v) is 4.47. The van der Waals surface area contributed by atoms with Crippen molar-refractivity contribution in [1.29, 1.82) is 0 Å². The van der Waals surface area contributed by atoms with Gasteiger partial charge in [-0.25, -0.2) is 4.98 Å². The SMILES string of the molecule is CNCc1ncc(-c2cnn(C)c2)[nH]1. The molecule has 0 aromatic carbocycles. The van der Waals surface area contributed by atoms with Gasteiger partial charge in [0.2, 0.25) is 0 Å².